The van der Waals surface area contributed by atoms with Gasteiger partial charge in [0.15, 0.2) is 0 Å². The first-order valence-electron chi connectivity index (χ1n) is 6.25. The predicted molar refractivity (Wildman–Crippen MR) is 92.1 cm³/mol. The molecule has 0 spiro atoms. The number of hydrogen-bond donors (Lipinski definition) is 1. The summed E-state index contributed by atoms with van der Waals surface area (Å²) in [6.45, 7) is 1.10. The van der Waals surface area contributed by atoms with Crippen molar-refractivity contribution in [1.82, 2.24) is 9.88 Å². The van der Waals surface area contributed by atoms with Crippen LogP contribution in [0.1, 0.15) is 21.1 Å². The van der Waals surface area contributed by atoms with Crippen molar-refractivity contribution in [3.8, 4) is 0 Å². The molecule has 1 heterocycles. The molecule has 4 nitrogen and oxygen atoms in total. The molecule has 0 saturated carbocycles. The average Bonchev–Trinajstić information content (AvgIpc) is 2.89. The monoisotopic (exact) mass is 389 g/mol. The van der Waals surface area contributed by atoms with Crippen molar-refractivity contribution >= 4 is 45.6 Å². The summed E-state index contributed by atoms with van der Waals surface area (Å²) >= 11 is 4.97. The molecule has 0 fully saturated rings. The highest BCUT2D eigenvalue weighted by Crippen LogP contribution is 2.19. The van der Waals surface area contributed by atoms with E-state index in [4.69, 9.17) is 5.73 Å². The third-order valence-corrected chi connectivity index (χ3v) is 4.52. The smallest absolute Gasteiger partial charge is 0.273 e. The number of carbonyl (C=O) groups is 1. The van der Waals surface area contributed by atoms with Crippen LogP contribution in [-0.4, -0.2) is 29.4 Å². The molecule has 0 atom stereocenters. The zero-order chi connectivity index (χ0) is 14.5. The third kappa shape index (κ3) is 4.78. The Morgan fingerprint density at radius 2 is 2.14 bits per heavy atom. The van der Waals surface area contributed by atoms with E-state index in [1.54, 1.807) is 17.3 Å². The molecule has 1 amide bonds. The molecule has 0 aliphatic rings. The normalized spacial score (nSPS) is 10.0. The zero-order valence-electron chi connectivity index (χ0n) is 11.6. The van der Waals surface area contributed by atoms with Gasteiger partial charge < -0.3 is 10.6 Å². The highest BCUT2D eigenvalue weighted by Gasteiger charge is 2.16. The van der Waals surface area contributed by atoms with Gasteiger partial charge in [0.25, 0.3) is 5.91 Å². The van der Waals surface area contributed by atoms with E-state index in [-0.39, 0.29) is 18.3 Å². The maximum absolute atomic E-state index is 12.3. The van der Waals surface area contributed by atoms with Crippen molar-refractivity contribution in [3.63, 3.8) is 0 Å². The highest BCUT2D eigenvalue weighted by atomic mass is 79.9. The van der Waals surface area contributed by atoms with E-state index in [1.807, 2.05) is 24.3 Å². The molecule has 1 aromatic carbocycles. The Balaban J connectivity index is 0.00000220. The van der Waals surface area contributed by atoms with Crippen LogP contribution < -0.4 is 5.73 Å². The van der Waals surface area contributed by atoms with Gasteiger partial charge in [-0.2, -0.15) is 0 Å². The van der Waals surface area contributed by atoms with Crippen molar-refractivity contribution in [2.24, 2.45) is 5.73 Å². The van der Waals surface area contributed by atoms with E-state index in [0.717, 1.165) is 15.0 Å². The van der Waals surface area contributed by atoms with Crippen LogP contribution in [0.2, 0.25) is 0 Å². The number of aromatic nitrogens is 1. The van der Waals surface area contributed by atoms with E-state index in [9.17, 15) is 4.79 Å². The third-order valence-electron chi connectivity index (χ3n) is 2.84. The molecule has 0 aliphatic carbocycles. The summed E-state index contributed by atoms with van der Waals surface area (Å²) in [5, 5.41) is 2.70. The number of nitrogens with two attached hydrogens (primary N) is 1. The number of nitrogens with zero attached hydrogens (tertiary/aromatic N) is 2. The molecule has 0 radical (unpaired) electrons. The van der Waals surface area contributed by atoms with Gasteiger partial charge in [0.1, 0.15) is 5.69 Å². The number of benzene rings is 1. The minimum Gasteiger partial charge on any atom is -0.336 e. The number of halogens is 2. The summed E-state index contributed by atoms with van der Waals surface area (Å²) in [5.41, 5.74) is 7.05. The Bertz CT molecular complexity index is 605. The molecule has 7 heteroatoms. The lowest BCUT2D eigenvalue weighted by Gasteiger charge is -2.16. The standard InChI is InChI=1S/C14H16BrN3OS.ClH/c1-18(8-10-4-2-3-5-11(10)15)14(19)12-9-20-13(17-12)6-7-16;/h2-5,9H,6-8,16H2,1H3;1H. The first kappa shape index (κ1) is 18.1. The first-order chi connectivity index (χ1) is 9.61. The van der Waals surface area contributed by atoms with Gasteiger partial charge in [-0.25, -0.2) is 4.98 Å². The van der Waals surface area contributed by atoms with E-state index in [0.29, 0.717) is 25.2 Å². The molecule has 0 unspecified atom stereocenters. The maximum Gasteiger partial charge on any atom is 0.273 e. The van der Waals surface area contributed by atoms with Crippen molar-refractivity contribution < 1.29 is 4.79 Å². The SMILES string of the molecule is CN(Cc1ccccc1Br)C(=O)c1csc(CCN)n1.Cl. The topological polar surface area (TPSA) is 59.2 Å². The number of thiazole rings is 1. The Kier molecular flexibility index (Phi) is 7.31. The molecule has 1 aromatic heterocycles. The molecule has 114 valence electrons. The number of amides is 1. The largest absolute Gasteiger partial charge is 0.336 e. The van der Waals surface area contributed by atoms with Crippen LogP contribution in [0.3, 0.4) is 0 Å². The Morgan fingerprint density at radius 1 is 1.43 bits per heavy atom. The second-order valence-electron chi connectivity index (χ2n) is 4.42. The second kappa shape index (κ2) is 8.48. The number of hydrogen-bond acceptors (Lipinski definition) is 4. The van der Waals surface area contributed by atoms with Crippen LogP contribution in [0.15, 0.2) is 34.1 Å². The van der Waals surface area contributed by atoms with Gasteiger partial charge >= 0.3 is 0 Å². The van der Waals surface area contributed by atoms with Gasteiger partial charge in [-0.1, -0.05) is 34.1 Å². The summed E-state index contributed by atoms with van der Waals surface area (Å²) in [6.07, 6.45) is 0.714. The van der Waals surface area contributed by atoms with Gasteiger partial charge in [-0.05, 0) is 18.2 Å². The average molecular weight is 391 g/mol. The molecule has 2 N–H and O–H groups in total. The number of rotatable bonds is 5. The van der Waals surface area contributed by atoms with Crippen LogP contribution >= 0.6 is 39.7 Å². The Hall–Kier alpha value is -0.950. The fraction of sp³-hybridized carbons (Fsp3) is 0.286. The highest BCUT2D eigenvalue weighted by molar-refractivity contribution is 9.10. The summed E-state index contributed by atoms with van der Waals surface area (Å²) < 4.78 is 1.00. The Labute approximate surface area is 142 Å². The van der Waals surface area contributed by atoms with Crippen LogP contribution in [0, 0.1) is 0 Å². The fourth-order valence-electron chi connectivity index (χ4n) is 1.80. The van der Waals surface area contributed by atoms with E-state index in [2.05, 4.69) is 20.9 Å². The van der Waals surface area contributed by atoms with Crippen LogP contribution in [0.5, 0.6) is 0 Å². The second-order valence-corrected chi connectivity index (χ2v) is 6.21. The van der Waals surface area contributed by atoms with Crippen molar-refractivity contribution in [2.45, 2.75) is 13.0 Å². The summed E-state index contributed by atoms with van der Waals surface area (Å²) in [4.78, 5) is 18.3. The minimum absolute atomic E-state index is 0. The molecule has 0 aliphatic heterocycles. The zero-order valence-corrected chi connectivity index (χ0v) is 14.8. The summed E-state index contributed by atoms with van der Waals surface area (Å²) in [7, 11) is 1.78. The summed E-state index contributed by atoms with van der Waals surface area (Å²) in [6, 6.07) is 7.88. The van der Waals surface area contributed by atoms with Gasteiger partial charge in [-0.3, -0.25) is 4.79 Å². The lowest BCUT2D eigenvalue weighted by Crippen LogP contribution is -2.26. The van der Waals surface area contributed by atoms with E-state index in [1.165, 1.54) is 11.3 Å². The molecule has 2 rings (SSSR count). The van der Waals surface area contributed by atoms with E-state index < -0.39 is 0 Å². The fourth-order valence-corrected chi connectivity index (χ4v) is 3.00. The Morgan fingerprint density at radius 3 is 2.81 bits per heavy atom. The molecule has 0 bridgehead atoms. The minimum atomic E-state index is -0.0692. The molecular weight excluding hydrogens is 374 g/mol. The lowest BCUT2D eigenvalue weighted by atomic mass is 10.2. The van der Waals surface area contributed by atoms with Crippen LogP contribution in [-0.2, 0) is 13.0 Å². The van der Waals surface area contributed by atoms with Crippen molar-refractivity contribution in [2.75, 3.05) is 13.6 Å². The molecule has 21 heavy (non-hydrogen) atoms. The van der Waals surface area contributed by atoms with Crippen LogP contribution in [0.4, 0.5) is 0 Å². The van der Waals surface area contributed by atoms with Gasteiger partial charge in [0.2, 0.25) is 0 Å². The van der Waals surface area contributed by atoms with Crippen LogP contribution in [0.25, 0.3) is 0 Å². The lowest BCUT2D eigenvalue weighted by molar-refractivity contribution is 0.0779. The van der Waals surface area contributed by atoms with Gasteiger partial charge in [0, 0.05) is 29.9 Å². The molecule has 0 saturated heterocycles. The summed E-state index contributed by atoms with van der Waals surface area (Å²) in [5.74, 6) is -0.0692. The van der Waals surface area contributed by atoms with Crippen molar-refractivity contribution in [3.05, 3.63) is 50.4 Å². The molecule has 2 aromatic rings. The number of carbonyl (C=O) groups excluding carboxylic acids is 1. The predicted octanol–water partition coefficient (Wildman–Crippen LogP) is 3.10. The van der Waals surface area contributed by atoms with Gasteiger partial charge in [0.05, 0.1) is 5.01 Å². The van der Waals surface area contributed by atoms with Gasteiger partial charge in [-0.15, -0.1) is 23.7 Å². The molecular formula is C14H17BrClN3OS. The first-order valence-corrected chi connectivity index (χ1v) is 7.92. The van der Waals surface area contributed by atoms with E-state index >= 15 is 0 Å². The maximum atomic E-state index is 12.3. The van der Waals surface area contributed by atoms with Crippen molar-refractivity contribution in [1.29, 1.82) is 0 Å². The quantitative estimate of drug-likeness (QED) is 0.853.